The number of piperazine rings is 1. The number of quaternary nitrogens is 1. The Bertz CT molecular complexity index is 1040. The Kier molecular flexibility index (Phi) is 5.50. The van der Waals surface area contributed by atoms with Crippen LogP contribution >= 0.6 is 0 Å². The van der Waals surface area contributed by atoms with Gasteiger partial charge in [0.25, 0.3) is 11.6 Å². The Morgan fingerprint density at radius 1 is 1.10 bits per heavy atom. The molecule has 1 aromatic heterocycles. The molecule has 1 saturated heterocycles. The van der Waals surface area contributed by atoms with Gasteiger partial charge < -0.3 is 14.2 Å². The van der Waals surface area contributed by atoms with Crippen LogP contribution in [0.25, 0.3) is 11.5 Å². The minimum atomic E-state index is -0.424. The Morgan fingerprint density at radius 3 is 2.47 bits per heavy atom. The van der Waals surface area contributed by atoms with Crippen LogP contribution in [0.2, 0.25) is 0 Å². The molecule has 3 aromatic rings. The van der Waals surface area contributed by atoms with Gasteiger partial charge in [0.1, 0.15) is 0 Å². The zero-order chi connectivity index (χ0) is 21.3. The van der Waals surface area contributed by atoms with Crippen LogP contribution in [0.1, 0.15) is 30.0 Å². The molecule has 1 atom stereocenters. The second kappa shape index (κ2) is 8.23. The Hall–Kier alpha value is -3.26. The summed E-state index contributed by atoms with van der Waals surface area (Å²) in [6.45, 7) is 10.4. The van der Waals surface area contributed by atoms with Crippen molar-refractivity contribution in [3.8, 4) is 11.5 Å². The Balaban J connectivity index is 1.42. The third-order valence-electron chi connectivity index (χ3n) is 6.07. The molecule has 0 spiro atoms. The maximum atomic E-state index is 10.8. The van der Waals surface area contributed by atoms with E-state index in [9.17, 15) is 10.1 Å². The lowest BCUT2D eigenvalue weighted by Crippen LogP contribution is -3.14. The lowest BCUT2D eigenvalue weighted by Gasteiger charge is -2.36. The number of hydrogen-bond acceptors (Lipinski definition) is 6. The van der Waals surface area contributed by atoms with Gasteiger partial charge >= 0.3 is 0 Å². The molecule has 1 aliphatic rings. The minimum absolute atomic E-state index is 0.0398. The molecule has 8 nitrogen and oxygen atoms in total. The largest absolute Gasteiger partial charge is 0.415 e. The van der Waals surface area contributed by atoms with Crippen LogP contribution in [0.15, 0.2) is 46.9 Å². The highest BCUT2D eigenvalue weighted by Gasteiger charge is 2.30. The molecular formula is C22H26N5O3+. The van der Waals surface area contributed by atoms with E-state index in [1.807, 2.05) is 0 Å². The Morgan fingerprint density at radius 2 is 1.80 bits per heavy atom. The van der Waals surface area contributed by atoms with Gasteiger partial charge in [0.2, 0.25) is 5.89 Å². The molecule has 4 rings (SSSR count). The molecule has 2 heterocycles. The van der Waals surface area contributed by atoms with Gasteiger partial charge in [-0.05, 0) is 50.1 Å². The second-order valence-electron chi connectivity index (χ2n) is 7.84. The summed E-state index contributed by atoms with van der Waals surface area (Å²) in [7, 11) is 0. The first-order chi connectivity index (χ1) is 14.4. The number of nitro benzene ring substituents is 1. The maximum Gasteiger partial charge on any atom is 0.274 e. The number of aromatic nitrogens is 2. The fraction of sp³-hybridized carbons (Fsp3) is 0.364. The summed E-state index contributed by atoms with van der Waals surface area (Å²) in [4.78, 5) is 14.3. The smallest absolute Gasteiger partial charge is 0.274 e. The number of anilines is 1. The fourth-order valence-corrected chi connectivity index (χ4v) is 3.97. The first-order valence-corrected chi connectivity index (χ1v) is 10.2. The summed E-state index contributed by atoms with van der Waals surface area (Å²) in [5, 5.41) is 19.2. The second-order valence-corrected chi connectivity index (χ2v) is 7.84. The molecule has 0 aliphatic carbocycles. The number of nitrogens with one attached hydrogen (secondary N) is 1. The van der Waals surface area contributed by atoms with E-state index in [1.54, 1.807) is 12.1 Å². The predicted molar refractivity (Wildman–Crippen MR) is 114 cm³/mol. The average Bonchev–Trinajstić information content (AvgIpc) is 3.26. The monoisotopic (exact) mass is 408 g/mol. The molecule has 1 fully saturated rings. The zero-order valence-corrected chi connectivity index (χ0v) is 17.5. The standard InChI is InChI=1S/C22H25N5O3/c1-15-5-4-6-20(16(15)2)26-13-11-25(12-14-26)17(3)21-23-24-22(30-21)18-7-9-19(10-8-18)27(28)29/h4-10,17H,11-14H2,1-3H3/p+1/t17-/m0/s1. The van der Waals surface area contributed by atoms with E-state index in [1.165, 1.54) is 33.8 Å². The molecular weight excluding hydrogens is 382 g/mol. The zero-order valence-electron chi connectivity index (χ0n) is 17.5. The summed E-state index contributed by atoms with van der Waals surface area (Å²) < 4.78 is 5.90. The summed E-state index contributed by atoms with van der Waals surface area (Å²) in [6, 6.07) is 12.7. The lowest BCUT2D eigenvalue weighted by atomic mass is 10.1. The van der Waals surface area contributed by atoms with Crippen molar-refractivity contribution in [2.45, 2.75) is 26.8 Å². The van der Waals surface area contributed by atoms with Crippen molar-refractivity contribution < 1.29 is 14.2 Å². The minimum Gasteiger partial charge on any atom is -0.415 e. The van der Waals surface area contributed by atoms with Gasteiger partial charge in [0.15, 0.2) is 6.04 Å². The van der Waals surface area contributed by atoms with Crippen molar-refractivity contribution in [1.82, 2.24) is 10.2 Å². The molecule has 30 heavy (non-hydrogen) atoms. The number of hydrogen-bond donors (Lipinski definition) is 1. The van der Waals surface area contributed by atoms with Crippen molar-refractivity contribution in [1.29, 1.82) is 0 Å². The van der Waals surface area contributed by atoms with E-state index in [0.717, 1.165) is 26.2 Å². The van der Waals surface area contributed by atoms with Gasteiger partial charge in [-0.25, -0.2) is 0 Å². The number of non-ortho nitro benzene ring substituents is 1. The van der Waals surface area contributed by atoms with E-state index in [-0.39, 0.29) is 11.7 Å². The van der Waals surface area contributed by atoms with Gasteiger partial charge in [-0.2, -0.15) is 0 Å². The molecule has 0 saturated carbocycles. The van der Waals surface area contributed by atoms with Crippen LogP contribution in [-0.4, -0.2) is 41.3 Å². The summed E-state index contributed by atoms with van der Waals surface area (Å²) in [5.41, 5.74) is 4.71. The van der Waals surface area contributed by atoms with E-state index in [2.05, 4.69) is 54.1 Å². The first kappa shape index (κ1) is 20.0. The van der Waals surface area contributed by atoms with E-state index in [4.69, 9.17) is 4.42 Å². The lowest BCUT2D eigenvalue weighted by molar-refractivity contribution is -0.931. The molecule has 156 valence electrons. The molecule has 0 radical (unpaired) electrons. The number of aryl methyl sites for hydroxylation is 1. The van der Waals surface area contributed by atoms with Gasteiger partial charge in [0, 0.05) is 23.4 Å². The van der Waals surface area contributed by atoms with Crippen LogP contribution in [0.3, 0.4) is 0 Å². The van der Waals surface area contributed by atoms with Crippen molar-refractivity contribution in [3.05, 3.63) is 69.6 Å². The number of benzene rings is 2. The highest BCUT2D eigenvalue weighted by molar-refractivity contribution is 5.56. The molecule has 0 amide bonds. The number of nitrogens with zero attached hydrogens (tertiary/aromatic N) is 4. The third kappa shape index (κ3) is 3.91. The molecule has 0 bridgehead atoms. The maximum absolute atomic E-state index is 10.8. The van der Waals surface area contributed by atoms with Crippen molar-refractivity contribution in [2.75, 3.05) is 31.1 Å². The summed E-state index contributed by atoms with van der Waals surface area (Å²) in [6.07, 6.45) is 0. The van der Waals surface area contributed by atoms with Crippen LogP contribution in [-0.2, 0) is 0 Å². The molecule has 2 aromatic carbocycles. The van der Waals surface area contributed by atoms with Gasteiger partial charge in [-0.3, -0.25) is 10.1 Å². The quantitative estimate of drug-likeness (QED) is 0.516. The van der Waals surface area contributed by atoms with E-state index < -0.39 is 4.92 Å². The Labute approximate surface area is 175 Å². The number of rotatable bonds is 5. The van der Waals surface area contributed by atoms with E-state index >= 15 is 0 Å². The van der Waals surface area contributed by atoms with Crippen molar-refractivity contribution >= 4 is 11.4 Å². The van der Waals surface area contributed by atoms with Crippen molar-refractivity contribution in [3.63, 3.8) is 0 Å². The van der Waals surface area contributed by atoms with Crippen LogP contribution in [0.4, 0.5) is 11.4 Å². The highest BCUT2D eigenvalue weighted by Crippen LogP contribution is 2.24. The van der Waals surface area contributed by atoms with Gasteiger partial charge in [-0.1, -0.05) is 12.1 Å². The van der Waals surface area contributed by atoms with Gasteiger partial charge in [-0.15, -0.1) is 10.2 Å². The third-order valence-corrected chi connectivity index (χ3v) is 6.07. The van der Waals surface area contributed by atoms with Crippen molar-refractivity contribution in [2.24, 2.45) is 0 Å². The number of nitro groups is 1. The predicted octanol–water partition coefficient (Wildman–Crippen LogP) is 2.73. The topological polar surface area (TPSA) is 89.7 Å². The van der Waals surface area contributed by atoms with E-state index in [0.29, 0.717) is 17.3 Å². The van der Waals surface area contributed by atoms with Crippen LogP contribution in [0, 0.1) is 24.0 Å². The molecule has 1 N–H and O–H groups in total. The average molecular weight is 408 g/mol. The van der Waals surface area contributed by atoms with Gasteiger partial charge in [0.05, 0.1) is 31.1 Å². The molecule has 8 heteroatoms. The van der Waals surface area contributed by atoms with Crippen LogP contribution < -0.4 is 9.80 Å². The molecule has 0 unspecified atom stereocenters. The highest BCUT2D eigenvalue weighted by atomic mass is 16.6. The van der Waals surface area contributed by atoms with Crippen LogP contribution in [0.5, 0.6) is 0 Å². The summed E-state index contributed by atoms with van der Waals surface area (Å²) in [5.74, 6) is 0.985. The first-order valence-electron chi connectivity index (χ1n) is 10.2. The normalized spacial score (nSPS) is 15.9. The molecule has 1 aliphatic heterocycles. The fourth-order valence-electron chi connectivity index (χ4n) is 3.97. The SMILES string of the molecule is Cc1cccc(N2CC[NH+]([C@@H](C)c3nnc(-c4ccc([N+](=O)[O-])cc4)o3)CC2)c1C. The summed E-state index contributed by atoms with van der Waals surface area (Å²) >= 11 is 0.